The molecular weight excluding hydrogens is 512 g/mol. The van der Waals surface area contributed by atoms with Gasteiger partial charge in [-0.3, -0.25) is 14.2 Å². The van der Waals surface area contributed by atoms with E-state index in [0.717, 1.165) is 10.4 Å². The summed E-state index contributed by atoms with van der Waals surface area (Å²) < 4.78 is 18.9. The highest BCUT2D eigenvalue weighted by molar-refractivity contribution is 7.22. The minimum absolute atomic E-state index is 0.169. The Morgan fingerprint density at radius 2 is 1.78 bits per heavy atom. The van der Waals surface area contributed by atoms with Crippen molar-refractivity contribution < 1.29 is 19.0 Å². The van der Waals surface area contributed by atoms with Gasteiger partial charge in [-0.05, 0) is 48.7 Å². The smallest absolute Gasteiger partial charge is 0.309 e. The third kappa shape index (κ3) is 5.97. The van der Waals surface area contributed by atoms with Crippen LogP contribution < -0.4 is 15.0 Å². The van der Waals surface area contributed by atoms with Crippen molar-refractivity contribution in [1.82, 2.24) is 9.55 Å². The topological polar surface area (TPSA) is 79.7 Å². The second-order valence-corrected chi connectivity index (χ2v) is 10.7. The summed E-state index contributed by atoms with van der Waals surface area (Å²) in [4.78, 5) is 31.0. The molecule has 4 rings (SSSR count). The molecule has 194 valence electrons. The van der Waals surface area contributed by atoms with E-state index >= 15 is 0 Å². The van der Waals surface area contributed by atoms with Crippen molar-refractivity contribution in [3.8, 4) is 27.6 Å². The molecule has 2 heterocycles. The van der Waals surface area contributed by atoms with E-state index in [9.17, 15) is 9.59 Å². The Balaban J connectivity index is 1.54. The Hall–Kier alpha value is -3.36. The Bertz CT molecular complexity index is 1460. The molecule has 9 heteroatoms. The molecule has 0 radical (unpaired) electrons. The Kier molecular flexibility index (Phi) is 8.19. The first kappa shape index (κ1) is 26.7. The van der Waals surface area contributed by atoms with Crippen molar-refractivity contribution in [2.45, 2.75) is 33.8 Å². The fourth-order valence-electron chi connectivity index (χ4n) is 3.60. The number of methoxy groups -OCH3 is 1. The Labute approximate surface area is 224 Å². The summed E-state index contributed by atoms with van der Waals surface area (Å²) >= 11 is 7.39. The maximum Gasteiger partial charge on any atom is 0.309 e. The zero-order valence-electron chi connectivity index (χ0n) is 21.4. The molecule has 0 N–H and O–H groups in total. The maximum atomic E-state index is 13.3. The molecule has 0 spiro atoms. The summed E-state index contributed by atoms with van der Waals surface area (Å²) in [6.45, 7) is 7.77. The number of hydrogen-bond donors (Lipinski definition) is 0. The van der Waals surface area contributed by atoms with Crippen LogP contribution in [0.2, 0.25) is 5.02 Å². The van der Waals surface area contributed by atoms with Crippen LogP contribution in [0.4, 0.5) is 0 Å². The van der Waals surface area contributed by atoms with Crippen molar-refractivity contribution in [3.63, 3.8) is 0 Å². The van der Waals surface area contributed by atoms with Crippen molar-refractivity contribution in [3.05, 3.63) is 70.2 Å². The van der Waals surface area contributed by atoms with E-state index in [1.54, 1.807) is 25.1 Å². The molecule has 0 saturated carbocycles. The second-order valence-electron chi connectivity index (χ2n) is 9.18. The first-order valence-electron chi connectivity index (χ1n) is 12.0. The first-order chi connectivity index (χ1) is 17.7. The van der Waals surface area contributed by atoms with Gasteiger partial charge in [-0.25, -0.2) is 4.98 Å². The minimum atomic E-state index is -0.430. The predicted octanol–water partition coefficient (Wildman–Crippen LogP) is 6.38. The molecule has 0 saturated heterocycles. The van der Waals surface area contributed by atoms with E-state index in [1.807, 2.05) is 51.1 Å². The van der Waals surface area contributed by atoms with Crippen LogP contribution in [0.1, 0.15) is 27.7 Å². The van der Waals surface area contributed by atoms with Gasteiger partial charge in [0.05, 0.1) is 24.2 Å². The lowest BCUT2D eigenvalue weighted by Crippen LogP contribution is -2.27. The number of thiophene rings is 1. The van der Waals surface area contributed by atoms with Gasteiger partial charge in [-0.15, -0.1) is 11.3 Å². The van der Waals surface area contributed by atoms with Crippen LogP contribution in [0.5, 0.6) is 11.5 Å². The number of carbonyl (C=O) groups excluding carboxylic acids is 1. The number of ether oxygens (including phenoxy) is 3. The highest BCUT2D eigenvalue weighted by Crippen LogP contribution is 2.33. The molecule has 2 aromatic heterocycles. The van der Waals surface area contributed by atoms with Crippen molar-refractivity contribution in [2.24, 2.45) is 11.8 Å². The van der Waals surface area contributed by atoms with Crippen LogP contribution in [-0.2, 0) is 9.53 Å². The standard InChI is InChI=1S/C28H29ClN2O5S/c1-16(2)18(4)28(33)36-17(3)14-35-23-11-10-21(12-24(23)34-5)31-15-30-22-13-25(37-26(22)27(31)32)19-6-8-20(29)9-7-19/h6-13,15-18H,14H2,1-5H3/t17-,18+/m1/s1. The molecule has 2 aromatic carbocycles. The number of halogens is 1. The summed E-state index contributed by atoms with van der Waals surface area (Å²) in [5.74, 6) is 0.694. The SMILES string of the molecule is COc1cc(-n2cnc3cc(-c4ccc(Cl)cc4)sc3c2=O)ccc1OC[C@@H](C)OC(=O)[C@@H](C)C(C)C. The van der Waals surface area contributed by atoms with Crippen LogP contribution in [0, 0.1) is 11.8 Å². The normalized spacial score (nSPS) is 12.9. The zero-order valence-corrected chi connectivity index (χ0v) is 22.9. The number of aromatic nitrogens is 2. The van der Waals surface area contributed by atoms with Crippen LogP contribution in [0.15, 0.2) is 59.7 Å². The lowest BCUT2D eigenvalue weighted by atomic mass is 9.98. The number of rotatable bonds is 9. The van der Waals surface area contributed by atoms with Crippen molar-refractivity contribution in [2.75, 3.05) is 13.7 Å². The van der Waals surface area contributed by atoms with E-state index < -0.39 is 6.10 Å². The van der Waals surface area contributed by atoms with Crippen LogP contribution in [0.3, 0.4) is 0 Å². The molecule has 7 nitrogen and oxygen atoms in total. The second kappa shape index (κ2) is 11.4. The highest BCUT2D eigenvalue weighted by Gasteiger charge is 2.21. The molecule has 0 unspecified atom stereocenters. The molecule has 0 aliphatic heterocycles. The summed E-state index contributed by atoms with van der Waals surface area (Å²) in [5, 5.41) is 0.655. The van der Waals surface area contributed by atoms with Crippen LogP contribution in [0.25, 0.3) is 26.3 Å². The quantitative estimate of drug-likeness (QED) is 0.229. The third-order valence-corrected chi connectivity index (χ3v) is 7.57. The third-order valence-electron chi connectivity index (χ3n) is 6.15. The van der Waals surface area contributed by atoms with E-state index in [1.165, 1.54) is 29.3 Å². The average Bonchev–Trinajstić information content (AvgIpc) is 3.33. The lowest BCUT2D eigenvalue weighted by molar-refractivity contribution is -0.155. The Morgan fingerprint density at radius 3 is 2.46 bits per heavy atom. The maximum absolute atomic E-state index is 13.3. The van der Waals surface area contributed by atoms with Gasteiger partial charge in [0.1, 0.15) is 23.7 Å². The zero-order chi connectivity index (χ0) is 26.7. The predicted molar refractivity (Wildman–Crippen MR) is 147 cm³/mol. The summed E-state index contributed by atoms with van der Waals surface area (Å²) in [7, 11) is 1.53. The van der Waals surface area contributed by atoms with Crippen molar-refractivity contribution >= 4 is 39.1 Å². The number of benzene rings is 2. The summed E-state index contributed by atoms with van der Waals surface area (Å²) in [6.07, 6.45) is 1.08. The van der Waals surface area contributed by atoms with Crippen LogP contribution >= 0.6 is 22.9 Å². The molecule has 0 aliphatic carbocycles. The molecular formula is C28H29ClN2O5S. The number of nitrogens with zero attached hydrogens (tertiary/aromatic N) is 2. The molecule has 0 amide bonds. The highest BCUT2D eigenvalue weighted by atomic mass is 35.5. The monoisotopic (exact) mass is 540 g/mol. The molecule has 0 aliphatic rings. The molecule has 4 aromatic rings. The van der Waals surface area contributed by atoms with Gasteiger partial charge < -0.3 is 14.2 Å². The molecule has 0 bridgehead atoms. The number of carbonyl (C=O) groups is 1. The van der Waals surface area contributed by atoms with Crippen LogP contribution in [-0.4, -0.2) is 35.3 Å². The van der Waals surface area contributed by atoms with E-state index in [0.29, 0.717) is 32.4 Å². The Morgan fingerprint density at radius 1 is 1.05 bits per heavy atom. The van der Waals surface area contributed by atoms with Gasteiger partial charge in [0.25, 0.3) is 5.56 Å². The molecule has 0 fully saturated rings. The minimum Gasteiger partial charge on any atom is -0.493 e. The first-order valence-corrected chi connectivity index (χ1v) is 13.2. The largest absolute Gasteiger partial charge is 0.493 e. The fourth-order valence-corrected chi connectivity index (χ4v) is 4.77. The van der Waals surface area contributed by atoms with Gasteiger partial charge in [0.2, 0.25) is 0 Å². The van der Waals surface area contributed by atoms with Gasteiger partial charge in [-0.1, -0.05) is 44.5 Å². The molecule has 37 heavy (non-hydrogen) atoms. The van der Waals surface area contributed by atoms with Gasteiger partial charge in [0.15, 0.2) is 11.5 Å². The number of esters is 1. The van der Waals surface area contributed by atoms with E-state index in [2.05, 4.69) is 4.98 Å². The fraction of sp³-hybridized carbons (Fsp3) is 0.321. The summed E-state index contributed by atoms with van der Waals surface area (Å²) in [5.41, 5.74) is 2.03. The van der Waals surface area contributed by atoms with Gasteiger partial charge >= 0.3 is 5.97 Å². The summed E-state index contributed by atoms with van der Waals surface area (Å²) in [6, 6.07) is 14.6. The average molecular weight is 541 g/mol. The number of hydrogen-bond acceptors (Lipinski definition) is 7. The van der Waals surface area contributed by atoms with E-state index in [4.69, 9.17) is 25.8 Å². The van der Waals surface area contributed by atoms with E-state index in [-0.39, 0.29) is 30.0 Å². The van der Waals surface area contributed by atoms with Gasteiger partial charge in [0, 0.05) is 16.0 Å². The molecule has 2 atom stereocenters. The van der Waals surface area contributed by atoms with Crippen molar-refractivity contribution in [1.29, 1.82) is 0 Å². The van der Waals surface area contributed by atoms with Gasteiger partial charge in [-0.2, -0.15) is 0 Å². The lowest BCUT2D eigenvalue weighted by Gasteiger charge is -2.20. The number of fused-ring (bicyclic) bond motifs is 1.